The molecule has 0 aromatic carbocycles. The zero-order chi connectivity index (χ0) is 14.9. The molecule has 3 N–H and O–H groups in total. The first-order valence-corrected chi connectivity index (χ1v) is 9.38. The summed E-state index contributed by atoms with van der Waals surface area (Å²) in [4.78, 5) is 3.30. The van der Waals surface area contributed by atoms with Gasteiger partial charge in [0.1, 0.15) is 0 Å². The molecule has 2 aromatic rings. The molecule has 0 aliphatic rings. The largest absolute Gasteiger partial charge is 0.326 e. The van der Waals surface area contributed by atoms with Crippen molar-refractivity contribution in [1.29, 1.82) is 0 Å². The normalized spacial score (nSPS) is 13.6. The molecule has 4 nitrogen and oxygen atoms in total. The van der Waals surface area contributed by atoms with Crippen molar-refractivity contribution in [3.05, 3.63) is 37.7 Å². The van der Waals surface area contributed by atoms with E-state index in [9.17, 15) is 8.42 Å². The van der Waals surface area contributed by atoms with Crippen LogP contribution in [-0.4, -0.2) is 8.42 Å². The van der Waals surface area contributed by atoms with Crippen LogP contribution in [0.3, 0.4) is 0 Å². The lowest BCUT2D eigenvalue weighted by Crippen LogP contribution is -2.27. The Labute approximate surface area is 127 Å². The summed E-state index contributed by atoms with van der Waals surface area (Å²) in [5.41, 5.74) is 6.61. The highest BCUT2D eigenvalue weighted by Gasteiger charge is 2.23. The van der Waals surface area contributed by atoms with Crippen LogP contribution < -0.4 is 10.5 Å². The van der Waals surface area contributed by atoms with Gasteiger partial charge in [0.15, 0.2) is 0 Å². The fourth-order valence-electron chi connectivity index (χ4n) is 2.16. The second-order valence-electron chi connectivity index (χ2n) is 4.62. The molecule has 0 saturated carbocycles. The van der Waals surface area contributed by atoms with E-state index in [0.29, 0.717) is 9.77 Å². The van der Waals surface area contributed by atoms with E-state index in [1.807, 2.05) is 26.8 Å². The summed E-state index contributed by atoms with van der Waals surface area (Å²) in [5, 5.41) is 1.75. The maximum absolute atomic E-state index is 12.4. The highest BCUT2D eigenvalue weighted by atomic mass is 32.2. The van der Waals surface area contributed by atoms with Gasteiger partial charge in [-0.25, -0.2) is 13.1 Å². The number of nitrogens with one attached hydrogen (secondary N) is 1. The van der Waals surface area contributed by atoms with E-state index in [0.717, 1.165) is 10.4 Å². The van der Waals surface area contributed by atoms with Crippen molar-refractivity contribution < 1.29 is 8.42 Å². The average molecular weight is 331 g/mol. The smallest absolute Gasteiger partial charge is 0.242 e. The van der Waals surface area contributed by atoms with Gasteiger partial charge in [0.05, 0.1) is 4.90 Å². The van der Waals surface area contributed by atoms with Gasteiger partial charge >= 0.3 is 0 Å². The maximum Gasteiger partial charge on any atom is 0.242 e. The van der Waals surface area contributed by atoms with Gasteiger partial charge in [-0.3, -0.25) is 0 Å². The maximum atomic E-state index is 12.4. The van der Waals surface area contributed by atoms with E-state index in [1.54, 1.807) is 22.8 Å². The lowest BCUT2D eigenvalue weighted by atomic mass is 10.1. The number of thiophene rings is 2. The van der Waals surface area contributed by atoms with Crippen molar-refractivity contribution in [3.8, 4) is 0 Å². The summed E-state index contributed by atoms with van der Waals surface area (Å²) >= 11 is 3.04. The third-order valence-corrected chi connectivity index (χ3v) is 6.74. The molecular formula is C13H18N2O2S3. The molecule has 2 rings (SSSR count). The molecule has 110 valence electrons. The Bertz CT molecular complexity index is 701. The molecule has 0 aliphatic heterocycles. The van der Waals surface area contributed by atoms with Crippen molar-refractivity contribution in [1.82, 2.24) is 4.72 Å². The standard InChI is InChI=1S/C13H18N2O2S3/c1-8-6-11(10(3)19-8)9(2)15-20(16,17)13-4-5-18-12(13)7-14/h4-6,9,15H,7,14H2,1-3H3. The molecule has 0 saturated heterocycles. The topological polar surface area (TPSA) is 72.2 Å². The Hall–Kier alpha value is -0.730. The number of rotatable bonds is 5. The van der Waals surface area contributed by atoms with Crippen molar-refractivity contribution >= 4 is 32.7 Å². The fraction of sp³-hybridized carbons (Fsp3) is 0.385. The first-order chi connectivity index (χ1) is 9.35. The summed E-state index contributed by atoms with van der Waals surface area (Å²) in [6, 6.07) is 3.38. The van der Waals surface area contributed by atoms with E-state index in [4.69, 9.17) is 5.73 Å². The first kappa shape index (κ1) is 15.7. The quantitative estimate of drug-likeness (QED) is 0.885. The molecule has 1 unspecified atom stereocenters. The van der Waals surface area contributed by atoms with E-state index < -0.39 is 10.0 Å². The molecule has 0 fully saturated rings. The van der Waals surface area contributed by atoms with Gasteiger partial charge in [0.25, 0.3) is 0 Å². The van der Waals surface area contributed by atoms with Crippen molar-refractivity contribution in [2.24, 2.45) is 5.73 Å². The Morgan fingerprint density at radius 1 is 1.40 bits per heavy atom. The second-order valence-corrected chi connectivity index (χ2v) is 8.77. The number of hydrogen-bond donors (Lipinski definition) is 2. The molecule has 2 aromatic heterocycles. The molecule has 0 aliphatic carbocycles. The fourth-order valence-corrected chi connectivity index (χ4v) is 5.74. The minimum atomic E-state index is -3.53. The summed E-state index contributed by atoms with van der Waals surface area (Å²) in [5.74, 6) is 0. The van der Waals surface area contributed by atoms with Crippen LogP contribution >= 0.6 is 22.7 Å². The van der Waals surface area contributed by atoms with E-state index >= 15 is 0 Å². The zero-order valence-corrected chi connectivity index (χ0v) is 14.1. The monoisotopic (exact) mass is 330 g/mol. The van der Waals surface area contributed by atoms with E-state index in [2.05, 4.69) is 4.72 Å². The van der Waals surface area contributed by atoms with Gasteiger partial charge in [0.2, 0.25) is 10.0 Å². The third kappa shape index (κ3) is 3.12. The highest BCUT2D eigenvalue weighted by Crippen LogP contribution is 2.28. The Morgan fingerprint density at radius 2 is 2.10 bits per heavy atom. The zero-order valence-electron chi connectivity index (χ0n) is 11.6. The lowest BCUT2D eigenvalue weighted by molar-refractivity contribution is 0.566. The van der Waals surface area contributed by atoms with Gasteiger partial charge in [-0.2, -0.15) is 0 Å². The number of sulfonamides is 1. The summed E-state index contributed by atoms with van der Waals surface area (Å²) < 4.78 is 27.6. The number of nitrogens with two attached hydrogens (primary N) is 1. The minimum Gasteiger partial charge on any atom is -0.326 e. The van der Waals surface area contributed by atoms with E-state index in [1.165, 1.54) is 16.2 Å². The van der Waals surface area contributed by atoms with Crippen LogP contribution in [0.15, 0.2) is 22.4 Å². The van der Waals surface area contributed by atoms with Gasteiger partial charge in [0, 0.05) is 27.2 Å². The summed E-state index contributed by atoms with van der Waals surface area (Å²) in [6.07, 6.45) is 0. The Kier molecular flexibility index (Phi) is 4.66. The van der Waals surface area contributed by atoms with Gasteiger partial charge in [-0.05, 0) is 43.8 Å². The van der Waals surface area contributed by atoms with Crippen LogP contribution in [0.1, 0.15) is 33.2 Å². The molecule has 7 heteroatoms. The summed E-state index contributed by atoms with van der Waals surface area (Å²) in [7, 11) is -3.53. The number of aryl methyl sites for hydroxylation is 2. The van der Waals surface area contributed by atoms with Crippen LogP contribution in [0.2, 0.25) is 0 Å². The van der Waals surface area contributed by atoms with Gasteiger partial charge < -0.3 is 5.73 Å². The van der Waals surface area contributed by atoms with Crippen LogP contribution in [-0.2, 0) is 16.6 Å². The molecule has 2 heterocycles. The molecular weight excluding hydrogens is 312 g/mol. The Balaban J connectivity index is 2.27. The predicted molar refractivity (Wildman–Crippen MR) is 84.7 cm³/mol. The average Bonchev–Trinajstić information content (AvgIpc) is 2.94. The minimum absolute atomic E-state index is 0.235. The van der Waals surface area contributed by atoms with Crippen molar-refractivity contribution in [2.75, 3.05) is 0 Å². The lowest BCUT2D eigenvalue weighted by Gasteiger charge is -2.14. The van der Waals surface area contributed by atoms with E-state index in [-0.39, 0.29) is 12.6 Å². The van der Waals surface area contributed by atoms with Crippen LogP contribution in [0.25, 0.3) is 0 Å². The predicted octanol–water partition coefficient (Wildman–Crippen LogP) is 2.92. The SMILES string of the molecule is Cc1cc(C(C)NS(=O)(=O)c2ccsc2CN)c(C)s1. The van der Waals surface area contributed by atoms with Crippen LogP contribution in [0, 0.1) is 13.8 Å². The molecule has 0 spiro atoms. The second kappa shape index (κ2) is 5.95. The molecule has 1 atom stereocenters. The molecule has 0 bridgehead atoms. The van der Waals surface area contributed by atoms with Gasteiger partial charge in [-0.15, -0.1) is 22.7 Å². The van der Waals surface area contributed by atoms with Crippen molar-refractivity contribution in [2.45, 2.75) is 38.3 Å². The highest BCUT2D eigenvalue weighted by molar-refractivity contribution is 7.89. The summed E-state index contributed by atoms with van der Waals surface area (Å²) in [6.45, 7) is 6.13. The molecule has 0 radical (unpaired) electrons. The van der Waals surface area contributed by atoms with Gasteiger partial charge in [-0.1, -0.05) is 0 Å². The third-order valence-electron chi connectivity index (χ3n) is 3.06. The number of hydrogen-bond acceptors (Lipinski definition) is 5. The van der Waals surface area contributed by atoms with Crippen molar-refractivity contribution in [3.63, 3.8) is 0 Å². The Morgan fingerprint density at radius 3 is 2.65 bits per heavy atom. The molecule has 0 amide bonds. The first-order valence-electron chi connectivity index (χ1n) is 6.21. The van der Waals surface area contributed by atoms with Crippen LogP contribution in [0.4, 0.5) is 0 Å². The van der Waals surface area contributed by atoms with Crippen LogP contribution in [0.5, 0.6) is 0 Å². The molecule has 20 heavy (non-hydrogen) atoms.